The van der Waals surface area contributed by atoms with Gasteiger partial charge in [-0.05, 0) is 30.3 Å². The van der Waals surface area contributed by atoms with E-state index in [9.17, 15) is 19.3 Å². The molecule has 2 aromatic rings. The number of hydrogen-bond acceptors (Lipinski definition) is 5. The maximum Gasteiger partial charge on any atom is 0.289 e. The zero-order valence-electron chi connectivity index (χ0n) is 13.9. The predicted molar refractivity (Wildman–Crippen MR) is 98.6 cm³/mol. The Bertz CT molecular complexity index is 877. The summed E-state index contributed by atoms with van der Waals surface area (Å²) in [5.74, 6) is -0.670. The molecule has 136 valence electrons. The van der Waals surface area contributed by atoms with Crippen LogP contribution >= 0.6 is 11.6 Å². The summed E-state index contributed by atoms with van der Waals surface area (Å²) in [6.07, 6.45) is 0. The number of fused-ring (bicyclic) bond motifs is 1. The van der Waals surface area contributed by atoms with Crippen LogP contribution in [0.3, 0.4) is 0 Å². The molecule has 0 radical (unpaired) electrons. The molecule has 1 aliphatic heterocycles. The van der Waals surface area contributed by atoms with Crippen LogP contribution in [0.15, 0.2) is 36.4 Å². The molecule has 0 bridgehead atoms. The van der Waals surface area contributed by atoms with Gasteiger partial charge in [0.15, 0.2) is 0 Å². The number of hydrogen-bond donors (Lipinski definition) is 1. The molecule has 0 unspecified atom stereocenters. The normalized spacial score (nSPS) is 13.3. The lowest BCUT2D eigenvalue weighted by Gasteiger charge is -2.36. The van der Waals surface area contributed by atoms with Crippen LogP contribution in [0.25, 0.3) is 0 Å². The summed E-state index contributed by atoms with van der Waals surface area (Å²) in [6, 6.07) is 8.51. The molecule has 0 saturated carbocycles. The third-order valence-electron chi connectivity index (χ3n) is 4.16. The van der Waals surface area contributed by atoms with Gasteiger partial charge in [-0.15, -0.1) is 0 Å². The first kappa shape index (κ1) is 17.9. The quantitative estimate of drug-likeness (QED) is 0.652. The number of carbonyl (C=O) groups excluding carboxylic acids is 1. The number of nitro groups is 1. The maximum atomic E-state index is 13.5. The first-order valence-electron chi connectivity index (χ1n) is 7.84. The van der Waals surface area contributed by atoms with Crippen LogP contribution in [-0.2, 0) is 4.79 Å². The van der Waals surface area contributed by atoms with Crippen LogP contribution in [0.1, 0.15) is 0 Å². The van der Waals surface area contributed by atoms with E-state index in [1.807, 2.05) is 16.8 Å². The number of nitro benzene ring substituents is 1. The minimum Gasteiger partial charge on any atom is -0.371 e. The molecule has 3 rings (SSSR count). The Labute approximate surface area is 154 Å². The Morgan fingerprint density at radius 1 is 1.27 bits per heavy atom. The van der Waals surface area contributed by atoms with Gasteiger partial charge in [-0.25, -0.2) is 4.39 Å². The molecule has 0 atom stereocenters. The molecular formula is C17H16ClFN4O3. The van der Waals surface area contributed by atoms with Crippen molar-refractivity contribution in [1.29, 1.82) is 0 Å². The van der Waals surface area contributed by atoms with Crippen molar-refractivity contribution in [2.24, 2.45) is 0 Å². The van der Waals surface area contributed by atoms with Crippen molar-refractivity contribution in [2.45, 2.75) is 0 Å². The zero-order chi connectivity index (χ0) is 18.8. The van der Waals surface area contributed by atoms with Gasteiger partial charge in [-0.1, -0.05) is 11.6 Å². The number of carbonyl (C=O) groups is 1. The lowest BCUT2D eigenvalue weighted by Crippen LogP contribution is -2.43. The van der Waals surface area contributed by atoms with Crippen LogP contribution in [-0.4, -0.2) is 37.5 Å². The molecule has 0 spiro atoms. The highest BCUT2D eigenvalue weighted by Gasteiger charge is 2.23. The Morgan fingerprint density at radius 2 is 2.04 bits per heavy atom. The lowest BCUT2D eigenvalue weighted by atomic mass is 10.1. The van der Waals surface area contributed by atoms with Crippen molar-refractivity contribution < 1.29 is 14.1 Å². The van der Waals surface area contributed by atoms with Gasteiger partial charge in [-0.2, -0.15) is 0 Å². The Balaban J connectivity index is 1.74. The number of likely N-dealkylation sites (N-methyl/N-ethyl adjacent to an activating group) is 1. The largest absolute Gasteiger partial charge is 0.371 e. The fraction of sp³-hybridized carbons (Fsp3) is 0.235. The van der Waals surface area contributed by atoms with E-state index in [-0.39, 0.29) is 29.0 Å². The van der Waals surface area contributed by atoms with Crippen LogP contribution in [0.5, 0.6) is 0 Å². The molecule has 1 amide bonds. The highest BCUT2D eigenvalue weighted by atomic mass is 35.5. The van der Waals surface area contributed by atoms with Crippen molar-refractivity contribution in [3.8, 4) is 0 Å². The standard InChI is InChI=1S/C17H16ClFN4O3/c1-21-6-7-22(14-5-2-11(19)8-16(14)21)10-17(24)20-12-3-4-13(18)15(9-12)23(25)26/h2-5,8-9H,6-7,10H2,1H3,(H,20,24). The second kappa shape index (κ2) is 7.17. The topological polar surface area (TPSA) is 78.7 Å². The molecule has 0 aliphatic carbocycles. The van der Waals surface area contributed by atoms with E-state index in [0.29, 0.717) is 24.5 Å². The van der Waals surface area contributed by atoms with Crippen molar-refractivity contribution in [3.05, 3.63) is 57.4 Å². The van der Waals surface area contributed by atoms with Crippen molar-refractivity contribution in [2.75, 3.05) is 41.8 Å². The van der Waals surface area contributed by atoms with Crippen LogP contribution in [0.2, 0.25) is 5.02 Å². The first-order chi connectivity index (χ1) is 12.3. The summed E-state index contributed by atoms with van der Waals surface area (Å²) in [7, 11) is 1.86. The molecule has 26 heavy (non-hydrogen) atoms. The summed E-state index contributed by atoms with van der Waals surface area (Å²) >= 11 is 5.77. The van der Waals surface area contributed by atoms with Gasteiger partial charge in [-0.3, -0.25) is 14.9 Å². The molecule has 2 aromatic carbocycles. The number of benzene rings is 2. The summed E-state index contributed by atoms with van der Waals surface area (Å²) < 4.78 is 13.5. The minimum absolute atomic E-state index is 0.00280. The number of halogens is 2. The van der Waals surface area contributed by atoms with E-state index in [1.165, 1.54) is 30.3 Å². The molecule has 1 heterocycles. The molecule has 0 fully saturated rings. The predicted octanol–water partition coefficient (Wildman–Crippen LogP) is 3.28. The Hall–Kier alpha value is -2.87. The van der Waals surface area contributed by atoms with Crippen molar-refractivity contribution in [1.82, 2.24) is 0 Å². The fourth-order valence-electron chi connectivity index (χ4n) is 2.85. The van der Waals surface area contributed by atoms with Gasteiger partial charge < -0.3 is 15.1 Å². The Kier molecular flexibility index (Phi) is 4.94. The van der Waals surface area contributed by atoms with Gasteiger partial charge in [0, 0.05) is 31.9 Å². The summed E-state index contributed by atoms with van der Waals surface area (Å²) in [5.41, 5.74) is 1.49. The van der Waals surface area contributed by atoms with E-state index in [4.69, 9.17) is 11.6 Å². The molecule has 1 N–H and O–H groups in total. The summed E-state index contributed by atoms with van der Waals surface area (Å²) in [5, 5.41) is 13.6. The van der Waals surface area contributed by atoms with Crippen molar-refractivity contribution >= 4 is 40.3 Å². The van der Waals surface area contributed by atoms with Gasteiger partial charge >= 0.3 is 0 Å². The minimum atomic E-state index is -0.608. The van der Waals surface area contributed by atoms with Crippen LogP contribution in [0, 0.1) is 15.9 Å². The smallest absolute Gasteiger partial charge is 0.289 e. The van der Waals surface area contributed by atoms with Gasteiger partial charge in [0.2, 0.25) is 5.91 Å². The van der Waals surface area contributed by atoms with Gasteiger partial charge in [0.05, 0.1) is 22.8 Å². The van der Waals surface area contributed by atoms with Crippen LogP contribution in [0.4, 0.5) is 27.1 Å². The molecule has 7 nitrogen and oxygen atoms in total. The summed E-state index contributed by atoms with van der Waals surface area (Å²) in [6.45, 7) is 1.29. The number of rotatable bonds is 4. The van der Waals surface area contributed by atoms with E-state index >= 15 is 0 Å². The Morgan fingerprint density at radius 3 is 2.77 bits per heavy atom. The highest BCUT2D eigenvalue weighted by molar-refractivity contribution is 6.32. The van der Waals surface area contributed by atoms with E-state index in [2.05, 4.69) is 5.32 Å². The molecule has 1 aliphatic rings. The molecular weight excluding hydrogens is 363 g/mol. The van der Waals surface area contributed by atoms with Gasteiger partial charge in [0.25, 0.3) is 5.69 Å². The molecule has 0 saturated heterocycles. The first-order valence-corrected chi connectivity index (χ1v) is 8.22. The molecule has 0 aromatic heterocycles. The van der Waals surface area contributed by atoms with E-state index < -0.39 is 4.92 Å². The maximum absolute atomic E-state index is 13.5. The highest BCUT2D eigenvalue weighted by Crippen LogP contribution is 2.33. The number of anilines is 3. The SMILES string of the molecule is CN1CCN(CC(=O)Nc2ccc(Cl)c([N+](=O)[O-])c2)c2ccc(F)cc21. The third-order valence-corrected chi connectivity index (χ3v) is 4.48. The summed E-state index contributed by atoms with van der Waals surface area (Å²) in [4.78, 5) is 26.5. The third kappa shape index (κ3) is 3.70. The molecule has 9 heteroatoms. The van der Waals surface area contributed by atoms with Gasteiger partial charge in [0.1, 0.15) is 10.8 Å². The number of nitrogens with one attached hydrogen (secondary N) is 1. The van der Waals surface area contributed by atoms with E-state index in [1.54, 1.807) is 6.07 Å². The average Bonchev–Trinajstić information content (AvgIpc) is 2.59. The average molecular weight is 379 g/mol. The van der Waals surface area contributed by atoms with Crippen molar-refractivity contribution in [3.63, 3.8) is 0 Å². The zero-order valence-corrected chi connectivity index (χ0v) is 14.7. The number of nitrogens with zero attached hydrogens (tertiary/aromatic N) is 3. The van der Waals surface area contributed by atoms with Crippen LogP contribution < -0.4 is 15.1 Å². The monoisotopic (exact) mass is 378 g/mol. The number of amides is 1. The fourth-order valence-corrected chi connectivity index (χ4v) is 3.04. The van der Waals surface area contributed by atoms with E-state index in [0.717, 1.165) is 5.69 Å². The second-order valence-corrected chi connectivity index (χ2v) is 6.35. The lowest BCUT2D eigenvalue weighted by molar-refractivity contribution is -0.384. The second-order valence-electron chi connectivity index (χ2n) is 5.95.